The summed E-state index contributed by atoms with van der Waals surface area (Å²) in [6.45, 7) is 10.9. The molecule has 34 heavy (non-hydrogen) atoms. The molecular weight excluding hydrogens is 446 g/mol. The zero-order chi connectivity index (χ0) is 23.9. The molecular formula is C27H32N3O3S+. The van der Waals surface area contributed by atoms with Crippen molar-refractivity contribution >= 4 is 37.9 Å². The SMILES string of the molecule is CCN(CC)c1ccc(C2=[N+](CC)c3cccc4c(S(=O)(=O)N5CCOCC5)ccc2c34)cc1. The minimum absolute atomic E-state index is 0.379. The van der Waals surface area contributed by atoms with Crippen molar-refractivity contribution in [3.05, 3.63) is 65.7 Å². The Morgan fingerprint density at radius 2 is 1.65 bits per heavy atom. The van der Waals surface area contributed by atoms with E-state index in [1.54, 1.807) is 10.4 Å². The van der Waals surface area contributed by atoms with Crippen molar-refractivity contribution in [2.45, 2.75) is 25.7 Å². The van der Waals surface area contributed by atoms with Crippen LogP contribution in [0.4, 0.5) is 11.4 Å². The summed E-state index contributed by atoms with van der Waals surface area (Å²) in [7, 11) is -3.60. The standard InChI is InChI=1S/C27H32N3O3S/c1-4-28(5-2)21-12-10-20(11-13-21)27-23-14-15-25(34(31,32)29-16-18-33-19-17-29)22-8-7-9-24(26(22)23)30(27)6-3/h7-15H,4-6,16-19H2,1-3H3/q+1. The molecule has 0 amide bonds. The molecule has 3 aromatic carbocycles. The molecule has 2 aliphatic heterocycles. The Bertz CT molecular complexity index is 1350. The third-order valence-corrected chi connectivity index (χ3v) is 8.92. The highest BCUT2D eigenvalue weighted by atomic mass is 32.2. The molecule has 0 bridgehead atoms. The molecule has 0 saturated carbocycles. The number of hydrogen-bond donors (Lipinski definition) is 0. The molecule has 0 unspecified atom stereocenters. The monoisotopic (exact) mass is 478 g/mol. The van der Waals surface area contributed by atoms with Gasteiger partial charge in [-0.3, -0.25) is 0 Å². The zero-order valence-corrected chi connectivity index (χ0v) is 20.9. The van der Waals surface area contributed by atoms with Crippen LogP contribution in [-0.4, -0.2) is 68.9 Å². The smallest absolute Gasteiger partial charge is 0.243 e. The van der Waals surface area contributed by atoms with Crippen molar-refractivity contribution in [3.63, 3.8) is 0 Å². The molecule has 0 spiro atoms. The van der Waals surface area contributed by atoms with Crippen LogP contribution in [0, 0.1) is 0 Å². The van der Waals surface area contributed by atoms with Gasteiger partial charge in [-0.1, -0.05) is 12.1 Å². The van der Waals surface area contributed by atoms with Gasteiger partial charge in [-0.05, 0) is 57.2 Å². The highest BCUT2D eigenvalue weighted by Gasteiger charge is 2.36. The van der Waals surface area contributed by atoms with E-state index in [9.17, 15) is 8.42 Å². The first-order valence-corrected chi connectivity index (χ1v) is 13.6. The van der Waals surface area contributed by atoms with Crippen LogP contribution in [0.15, 0.2) is 59.5 Å². The molecule has 0 radical (unpaired) electrons. The number of anilines is 1. The van der Waals surface area contributed by atoms with Crippen molar-refractivity contribution in [2.75, 3.05) is 50.8 Å². The highest BCUT2D eigenvalue weighted by Crippen LogP contribution is 2.40. The van der Waals surface area contributed by atoms with E-state index in [0.29, 0.717) is 31.2 Å². The Labute approximate surface area is 202 Å². The first-order valence-electron chi connectivity index (χ1n) is 12.1. The van der Waals surface area contributed by atoms with Crippen LogP contribution < -0.4 is 4.90 Å². The molecule has 6 nitrogen and oxygen atoms in total. The van der Waals surface area contributed by atoms with Crippen LogP contribution in [0.2, 0.25) is 0 Å². The van der Waals surface area contributed by atoms with E-state index in [-0.39, 0.29) is 0 Å². The van der Waals surface area contributed by atoms with Crippen molar-refractivity contribution in [1.82, 2.24) is 4.31 Å². The Morgan fingerprint density at radius 3 is 2.29 bits per heavy atom. The summed E-state index contributed by atoms with van der Waals surface area (Å²) in [6.07, 6.45) is 0. The fourth-order valence-corrected chi connectivity index (χ4v) is 6.85. The molecule has 0 N–H and O–H groups in total. The predicted octanol–water partition coefficient (Wildman–Crippen LogP) is 4.22. The predicted molar refractivity (Wildman–Crippen MR) is 137 cm³/mol. The quantitative estimate of drug-likeness (QED) is 0.477. The molecule has 5 rings (SSSR count). The number of benzene rings is 3. The fourth-order valence-electron chi connectivity index (χ4n) is 5.26. The lowest BCUT2D eigenvalue weighted by atomic mass is 9.98. The minimum Gasteiger partial charge on any atom is -0.379 e. The molecule has 0 aromatic heterocycles. The van der Waals surface area contributed by atoms with E-state index in [1.165, 1.54) is 5.69 Å². The summed E-state index contributed by atoms with van der Waals surface area (Å²) in [4.78, 5) is 2.71. The second-order valence-electron chi connectivity index (χ2n) is 8.64. The van der Waals surface area contributed by atoms with Gasteiger partial charge in [0.15, 0.2) is 0 Å². The molecule has 1 saturated heterocycles. The van der Waals surface area contributed by atoms with Gasteiger partial charge in [-0.2, -0.15) is 8.88 Å². The van der Waals surface area contributed by atoms with Gasteiger partial charge < -0.3 is 9.64 Å². The number of rotatable bonds is 7. The number of nitrogens with zero attached hydrogens (tertiary/aromatic N) is 3. The minimum atomic E-state index is -3.60. The third-order valence-electron chi connectivity index (χ3n) is 6.97. The number of ether oxygens (including phenoxy) is 1. The molecule has 1 fully saturated rings. The van der Waals surface area contributed by atoms with E-state index in [0.717, 1.165) is 52.9 Å². The van der Waals surface area contributed by atoms with Crippen molar-refractivity contribution in [2.24, 2.45) is 0 Å². The van der Waals surface area contributed by atoms with Gasteiger partial charge in [0.05, 0.1) is 29.1 Å². The Balaban J connectivity index is 1.64. The normalized spacial score (nSPS) is 16.4. The van der Waals surface area contributed by atoms with Crippen LogP contribution in [0.1, 0.15) is 31.9 Å². The second-order valence-corrected chi connectivity index (χ2v) is 10.5. The van der Waals surface area contributed by atoms with Gasteiger partial charge in [0.2, 0.25) is 21.4 Å². The van der Waals surface area contributed by atoms with Crippen LogP contribution >= 0.6 is 0 Å². The van der Waals surface area contributed by atoms with E-state index >= 15 is 0 Å². The summed E-state index contributed by atoms with van der Waals surface area (Å²) < 4.78 is 36.3. The van der Waals surface area contributed by atoms with Crippen molar-refractivity contribution in [1.29, 1.82) is 0 Å². The Morgan fingerprint density at radius 1 is 0.941 bits per heavy atom. The average Bonchev–Trinajstić information content (AvgIpc) is 3.21. The Hall–Kier alpha value is -2.74. The second kappa shape index (κ2) is 9.13. The van der Waals surface area contributed by atoms with E-state index in [4.69, 9.17) is 4.74 Å². The number of hydrogen-bond acceptors (Lipinski definition) is 4. The number of sulfonamides is 1. The lowest BCUT2D eigenvalue weighted by Gasteiger charge is -2.26. The third kappa shape index (κ3) is 3.63. The molecule has 7 heteroatoms. The van der Waals surface area contributed by atoms with E-state index in [2.05, 4.69) is 60.6 Å². The maximum atomic E-state index is 13.6. The lowest BCUT2D eigenvalue weighted by Crippen LogP contribution is -2.40. The summed E-state index contributed by atoms with van der Waals surface area (Å²) in [5, 5.41) is 1.80. The summed E-state index contributed by atoms with van der Waals surface area (Å²) >= 11 is 0. The zero-order valence-electron chi connectivity index (χ0n) is 20.1. The van der Waals surface area contributed by atoms with Crippen molar-refractivity contribution < 1.29 is 17.7 Å². The fraction of sp³-hybridized carbons (Fsp3) is 0.370. The van der Waals surface area contributed by atoms with Crippen LogP contribution in [-0.2, 0) is 14.8 Å². The van der Waals surface area contributed by atoms with Crippen molar-refractivity contribution in [3.8, 4) is 0 Å². The number of morpholine rings is 1. The molecule has 178 valence electrons. The van der Waals surface area contributed by atoms with Crippen LogP contribution in [0.3, 0.4) is 0 Å². The van der Waals surface area contributed by atoms with E-state index < -0.39 is 10.0 Å². The summed E-state index contributed by atoms with van der Waals surface area (Å²) in [5.41, 5.74) is 5.64. The first-order chi connectivity index (χ1) is 16.5. The highest BCUT2D eigenvalue weighted by molar-refractivity contribution is 7.89. The van der Waals surface area contributed by atoms with Gasteiger partial charge in [-0.15, -0.1) is 0 Å². The van der Waals surface area contributed by atoms with Gasteiger partial charge in [0, 0.05) is 48.9 Å². The van der Waals surface area contributed by atoms with Crippen LogP contribution in [0.25, 0.3) is 10.8 Å². The summed E-state index contributed by atoms with van der Waals surface area (Å²) in [6, 6.07) is 18.5. The van der Waals surface area contributed by atoms with Crippen LogP contribution in [0.5, 0.6) is 0 Å². The average molecular weight is 479 g/mol. The maximum Gasteiger partial charge on any atom is 0.243 e. The Kier molecular flexibility index (Phi) is 6.18. The molecule has 3 aromatic rings. The van der Waals surface area contributed by atoms with E-state index in [1.807, 2.05) is 18.2 Å². The molecule has 2 aliphatic rings. The van der Waals surface area contributed by atoms with Gasteiger partial charge >= 0.3 is 0 Å². The molecule has 2 heterocycles. The van der Waals surface area contributed by atoms with Gasteiger partial charge in [0.25, 0.3) is 0 Å². The topological polar surface area (TPSA) is 52.9 Å². The largest absolute Gasteiger partial charge is 0.379 e. The molecule has 0 aliphatic carbocycles. The lowest BCUT2D eigenvalue weighted by molar-refractivity contribution is -0.431. The van der Waals surface area contributed by atoms with Gasteiger partial charge in [-0.25, -0.2) is 8.42 Å². The maximum absolute atomic E-state index is 13.6. The molecule has 0 atom stereocenters. The first kappa shape index (κ1) is 23.0. The summed E-state index contributed by atoms with van der Waals surface area (Å²) in [5.74, 6) is 0. The van der Waals surface area contributed by atoms with Gasteiger partial charge in [0.1, 0.15) is 6.54 Å².